The predicted molar refractivity (Wildman–Crippen MR) is 238 cm³/mol. The molecule has 0 radical (unpaired) electrons. The van der Waals surface area contributed by atoms with E-state index in [2.05, 4.69) is 48.5 Å². The Morgan fingerprint density at radius 3 is 1.93 bits per heavy atom. The summed E-state index contributed by atoms with van der Waals surface area (Å²) in [5.74, 6) is -0.282. The van der Waals surface area contributed by atoms with Gasteiger partial charge < -0.3 is 70.3 Å². The first-order valence-corrected chi connectivity index (χ1v) is 27.3. The fourth-order valence-electron chi connectivity index (χ4n) is 8.39. The number of nitrogen functional groups attached to an aromatic ring is 2. The number of phosphoric ester groups is 3. The molecule has 9 rings (SSSR count). The fourth-order valence-corrected chi connectivity index (χ4v) is 12.9. The summed E-state index contributed by atoms with van der Waals surface area (Å²) in [4.78, 5) is 95.7. The molecular formula is C33H44FN14O23P4+. The number of aromatic nitrogens is 12. The molecule has 410 valence electrons. The van der Waals surface area contributed by atoms with Crippen LogP contribution in [0.5, 0.6) is 0 Å². The SMILES string of the molecule is CO[C@@H]1C(O)[C@H](n2c[n+](C)c3c(=O)[nH]c(N)nc32)O[C@@H]1COP(=O)(O)OP(=O)(O)OP(=O)(O)OC[C@H]1O[C@@H](n2cnc3c(N)ncnc32)[C@@H](F)C1OP(=O)(O)OC[C@H]1O[C@@H](n2cnc3c(=O)[nH]c(C)nc32)[C@@H](O)C1O. The van der Waals surface area contributed by atoms with Gasteiger partial charge in [-0.1, -0.05) is 0 Å². The minimum absolute atomic E-state index is 0.0124. The van der Waals surface area contributed by atoms with Gasteiger partial charge in [0.25, 0.3) is 16.7 Å². The standard InChI is InChI=1S/C33H43FN14O23P4/c1-11-41-26-17(28(52)42-11)40-9-47(26)31-20(50)19(49)12(66-31)4-63-72(54,55)69-22-13(67-30(15(22)34)46-8-39-16-24(35)37-7-38-25(16)46)5-64-73(56,57)70-75(60,61)71-74(58,59)65-6-14-23(62-3)21(51)32(68-14)48-10-45(2)18-27(48)43-33(36)44-29(18)53/h7-10,12-15,19-23,30-32,49-51H,4-6H2,1-3H3,(H9-,35,36,37,38,41,42,43,44,52,53,54,55,56,57,58,59,60,61)/p+1/t12-,13-,14-,15+,19?,20+,21?,22?,23+,30-,31-,32-/m1/s1. The van der Waals surface area contributed by atoms with Crippen LogP contribution in [-0.2, 0) is 71.0 Å². The third-order valence-corrected chi connectivity index (χ3v) is 16.8. The van der Waals surface area contributed by atoms with Crippen molar-refractivity contribution in [1.82, 2.24) is 53.6 Å². The van der Waals surface area contributed by atoms with Crippen molar-refractivity contribution in [3.05, 3.63) is 51.8 Å². The Balaban J connectivity index is 0.855. The third kappa shape index (κ3) is 11.0. The summed E-state index contributed by atoms with van der Waals surface area (Å²) in [6.07, 6.45) is -17.0. The highest BCUT2D eigenvalue weighted by molar-refractivity contribution is 7.66. The molecule has 0 amide bonds. The zero-order chi connectivity index (χ0) is 54.3. The molecule has 3 fully saturated rings. The van der Waals surface area contributed by atoms with Crippen molar-refractivity contribution in [3.8, 4) is 0 Å². The highest BCUT2D eigenvalue weighted by Gasteiger charge is 2.54. The number of nitrogens with two attached hydrogens (primary N) is 2. The van der Waals surface area contributed by atoms with E-state index in [1.165, 1.54) is 29.4 Å². The maximum atomic E-state index is 16.6. The number of aliphatic hydroxyl groups excluding tert-OH is 3. The van der Waals surface area contributed by atoms with Crippen LogP contribution < -0.4 is 27.2 Å². The van der Waals surface area contributed by atoms with E-state index in [9.17, 15) is 62.7 Å². The van der Waals surface area contributed by atoms with Crippen LogP contribution in [0.25, 0.3) is 33.5 Å². The van der Waals surface area contributed by atoms with Gasteiger partial charge in [-0.3, -0.25) is 41.8 Å². The Kier molecular flexibility index (Phi) is 14.9. The Labute approximate surface area is 415 Å². The monoisotopic (exact) mass is 1150 g/mol. The summed E-state index contributed by atoms with van der Waals surface area (Å²) >= 11 is 0. The molecule has 3 aliphatic rings. The number of aromatic amines is 2. The Hall–Kier alpha value is -4.98. The molecule has 9 heterocycles. The molecule has 13 N–H and O–H groups in total. The van der Waals surface area contributed by atoms with Crippen molar-refractivity contribution in [3.63, 3.8) is 0 Å². The fraction of sp³-hybridized carbons (Fsp3) is 0.545. The van der Waals surface area contributed by atoms with Crippen molar-refractivity contribution >= 4 is 76.5 Å². The second-order valence-corrected chi connectivity index (χ2v) is 22.7. The maximum absolute atomic E-state index is 16.6. The second-order valence-electron chi connectivity index (χ2n) is 16.6. The van der Waals surface area contributed by atoms with Crippen molar-refractivity contribution < 1.29 is 108 Å². The number of ether oxygens (including phenoxy) is 4. The van der Waals surface area contributed by atoms with Gasteiger partial charge in [-0.15, -0.1) is 0 Å². The minimum Gasteiger partial charge on any atom is -0.387 e. The molecule has 0 aliphatic carbocycles. The first kappa shape index (κ1) is 54.8. The van der Waals surface area contributed by atoms with E-state index in [-0.39, 0.29) is 51.1 Å². The molecule has 0 aromatic carbocycles. The number of H-pyrrole nitrogens is 2. The molecule has 0 spiro atoms. The highest BCUT2D eigenvalue weighted by Crippen LogP contribution is 2.68. The molecule has 75 heavy (non-hydrogen) atoms. The average Bonchev–Trinajstić information content (AvgIpc) is 4.16. The molecule has 3 aliphatic heterocycles. The van der Waals surface area contributed by atoms with E-state index >= 15 is 4.39 Å². The normalized spacial score (nSPS) is 30.5. The van der Waals surface area contributed by atoms with Gasteiger partial charge in [0.05, 0.1) is 39.5 Å². The second kappa shape index (κ2) is 20.4. The number of rotatable bonds is 19. The van der Waals surface area contributed by atoms with Crippen LogP contribution in [0.4, 0.5) is 16.2 Å². The molecule has 0 saturated carbocycles. The maximum Gasteiger partial charge on any atom is 0.490 e. The smallest absolute Gasteiger partial charge is 0.387 e. The van der Waals surface area contributed by atoms with Gasteiger partial charge in [-0.25, -0.2) is 52.1 Å². The van der Waals surface area contributed by atoms with Gasteiger partial charge >= 0.3 is 36.9 Å². The van der Waals surface area contributed by atoms with E-state index in [0.29, 0.717) is 0 Å². The number of nitrogens with zero attached hydrogens (tertiary/aromatic N) is 10. The number of halogens is 1. The van der Waals surface area contributed by atoms with Crippen LogP contribution in [0, 0.1) is 6.92 Å². The molecule has 37 nitrogen and oxygen atoms in total. The van der Waals surface area contributed by atoms with Crippen molar-refractivity contribution in [2.75, 3.05) is 38.4 Å². The number of aliphatic hydroxyl groups is 3. The van der Waals surface area contributed by atoms with Crippen molar-refractivity contribution in [2.24, 2.45) is 7.05 Å². The summed E-state index contributed by atoms with van der Waals surface area (Å²) < 4.78 is 124. The van der Waals surface area contributed by atoms with E-state index < -0.39 is 136 Å². The molecular weight excluding hydrogens is 1100 g/mol. The van der Waals surface area contributed by atoms with Crippen molar-refractivity contribution in [2.45, 2.75) is 80.6 Å². The number of anilines is 2. The zero-order valence-corrected chi connectivity index (χ0v) is 41.9. The lowest BCUT2D eigenvalue weighted by Crippen LogP contribution is -2.35. The Morgan fingerprint density at radius 2 is 1.27 bits per heavy atom. The average molecular weight is 1150 g/mol. The number of hydrogen-bond acceptors (Lipinski definition) is 27. The number of fused-ring (bicyclic) bond motifs is 3. The number of phosphoric acid groups is 4. The van der Waals surface area contributed by atoms with Gasteiger partial charge in [0.15, 0.2) is 41.3 Å². The molecule has 7 unspecified atom stereocenters. The Morgan fingerprint density at radius 1 is 0.693 bits per heavy atom. The molecule has 0 bridgehead atoms. The van der Waals surface area contributed by atoms with Gasteiger partial charge in [-0.05, 0) is 6.92 Å². The van der Waals surface area contributed by atoms with Crippen LogP contribution >= 0.6 is 31.3 Å². The largest absolute Gasteiger partial charge is 0.490 e. The van der Waals surface area contributed by atoms with Crippen LogP contribution in [0.15, 0.2) is 34.9 Å². The van der Waals surface area contributed by atoms with Gasteiger partial charge in [-0.2, -0.15) is 18.2 Å². The van der Waals surface area contributed by atoms with E-state index in [1.807, 2.05) is 0 Å². The van der Waals surface area contributed by atoms with Crippen molar-refractivity contribution in [1.29, 1.82) is 0 Å². The summed E-state index contributed by atoms with van der Waals surface area (Å²) in [7, 11) is -21.0. The molecule has 42 heteroatoms. The highest BCUT2D eigenvalue weighted by atomic mass is 31.3. The Bertz CT molecular complexity index is 3470. The number of nitrogens with one attached hydrogen (secondary N) is 2. The predicted octanol–water partition coefficient (Wildman–Crippen LogP) is -3.01. The summed E-state index contributed by atoms with van der Waals surface area (Å²) in [5, 5.41) is 32.7. The van der Waals surface area contributed by atoms with E-state index in [4.69, 9.17) is 48.5 Å². The van der Waals surface area contributed by atoms with Crippen LogP contribution in [0.3, 0.4) is 0 Å². The number of imidazole rings is 3. The lowest BCUT2D eigenvalue weighted by atomic mass is 10.1. The quantitative estimate of drug-likeness (QED) is 0.0284. The van der Waals surface area contributed by atoms with E-state index in [1.54, 1.807) is 0 Å². The molecule has 6 aromatic rings. The summed E-state index contributed by atoms with van der Waals surface area (Å²) in [5.41, 5.74) is 9.84. The summed E-state index contributed by atoms with van der Waals surface area (Å²) in [6.45, 7) is -2.02. The van der Waals surface area contributed by atoms with E-state index in [0.717, 1.165) is 35.2 Å². The van der Waals surface area contributed by atoms with Crippen LogP contribution in [0.2, 0.25) is 0 Å². The van der Waals surface area contributed by atoms with Gasteiger partial charge in [0.1, 0.15) is 66.5 Å². The topological polar surface area (TPSA) is 516 Å². The third-order valence-electron chi connectivity index (χ3n) is 11.6. The number of aryl methyl sites for hydroxylation is 2. The lowest BCUT2D eigenvalue weighted by Gasteiger charge is -2.24. The molecule has 16 atom stereocenters. The van der Waals surface area contributed by atoms with Crippen LogP contribution in [-0.4, -0.2) is 170 Å². The number of alkyl halides is 1. The number of methoxy groups -OCH3 is 1. The van der Waals surface area contributed by atoms with Gasteiger partial charge in [0, 0.05) is 7.11 Å². The summed E-state index contributed by atoms with van der Waals surface area (Å²) in [6, 6.07) is 0. The van der Waals surface area contributed by atoms with Gasteiger partial charge in [0.2, 0.25) is 18.5 Å². The first-order valence-electron chi connectivity index (χ1n) is 21.3. The molecule has 6 aromatic heterocycles. The first-order chi connectivity index (χ1) is 35.2. The minimum atomic E-state index is -6.22. The lowest BCUT2D eigenvalue weighted by molar-refractivity contribution is -0.646. The number of hydrogen-bond donors (Lipinski definition) is 11. The molecule has 3 saturated heterocycles. The zero-order valence-electron chi connectivity index (χ0n) is 38.3. The van der Waals surface area contributed by atoms with Crippen LogP contribution in [0.1, 0.15) is 24.5 Å².